The number of carbonyl (C=O) groups excluding carboxylic acids is 3. The van der Waals surface area contributed by atoms with E-state index in [0.29, 0.717) is 55.9 Å². The number of ether oxygens (including phenoxy) is 3. The van der Waals surface area contributed by atoms with Gasteiger partial charge < -0.3 is 25.3 Å². The number of nitrogens with two attached hydrogens (primary N) is 1. The third-order valence-electron chi connectivity index (χ3n) is 5.14. The third-order valence-corrected chi connectivity index (χ3v) is 6.47. The molecule has 0 bridgehead atoms. The first-order chi connectivity index (χ1) is 19.0. The predicted octanol–water partition coefficient (Wildman–Crippen LogP) is 4.70. The smallest absolute Gasteiger partial charge is 0.262 e. The number of hydrogen-bond donors (Lipinski definition) is 3. The highest BCUT2D eigenvalue weighted by molar-refractivity contribution is 14.1. The van der Waals surface area contributed by atoms with E-state index in [4.69, 9.17) is 43.1 Å². The maximum atomic E-state index is 12.8. The summed E-state index contributed by atoms with van der Waals surface area (Å²) in [6, 6.07) is 7.57. The van der Waals surface area contributed by atoms with Crippen molar-refractivity contribution in [1.82, 2.24) is 10.7 Å². The molecule has 4 N–H and O–H groups in total. The number of hydrogen-bond acceptors (Lipinski definition) is 7. The molecule has 0 heterocycles. The number of hydrazone groups is 1. The highest BCUT2D eigenvalue weighted by atomic mass is 127. The van der Waals surface area contributed by atoms with Gasteiger partial charge >= 0.3 is 0 Å². The third kappa shape index (κ3) is 11.8. The van der Waals surface area contributed by atoms with Gasteiger partial charge in [-0.05, 0) is 84.2 Å². The van der Waals surface area contributed by atoms with Crippen LogP contribution in [0.15, 0.2) is 35.4 Å². The minimum absolute atomic E-state index is 0.152. The van der Waals surface area contributed by atoms with Gasteiger partial charge in [0.2, 0.25) is 5.91 Å². The number of nitrogens with one attached hydrogen (secondary N) is 2. The van der Waals surface area contributed by atoms with Crippen molar-refractivity contribution >= 4 is 69.7 Å². The van der Waals surface area contributed by atoms with Gasteiger partial charge in [0, 0.05) is 11.4 Å². The highest BCUT2D eigenvalue weighted by Gasteiger charge is 2.22. The monoisotopic (exact) mass is 706 g/mol. The van der Waals surface area contributed by atoms with Crippen LogP contribution in [-0.2, 0) is 14.4 Å². The van der Waals surface area contributed by atoms with Crippen molar-refractivity contribution in [2.24, 2.45) is 16.8 Å². The van der Waals surface area contributed by atoms with Gasteiger partial charge in [0.25, 0.3) is 11.8 Å². The number of primary amides is 1. The van der Waals surface area contributed by atoms with Crippen LogP contribution in [-0.4, -0.2) is 49.8 Å². The summed E-state index contributed by atoms with van der Waals surface area (Å²) < 4.78 is 17.4. The van der Waals surface area contributed by atoms with E-state index in [-0.39, 0.29) is 31.5 Å². The molecular formula is C27H33Cl2IN4O6. The lowest BCUT2D eigenvalue weighted by molar-refractivity contribution is -0.129. The lowest BCUT2D eigenvalue weighted by Crippen LogP contribution is -2.46. The normalized spacial score (nSPS) is 11.8. The van der Waals surface area contributed by atoms with Crippen LogP contribution in [0.2, 0.25) is 10.0 Å². The van der Waals surface area contributed by atoms with E-state index >= 15 is 0 Å². The van der Waals surface area contributed by atoms with Gasteiger partial charge in [-0.3, -0.25) is 14.4 Å². The van der Waals surface area contributed by atoms with Crippen LogP contribution in [0, 0.1) is 9.49 Å². The molecule has 0 aliphatic heterocycles. The van der Waals surface area contributed by atoms with E-state index in [1.54, 1.807) is 30.3 Å². The van der Waals surface area contributed by atoms with Gasteiger partial charge in [0.15, 0.2) is 18.1 Å². The molecule has 0 unspecified atom stereocenters. The molecule has 0 aliphatic rings. The van der Waals surface area contributed by atoms with Gasteiger partial charge in [-0.1, -0.05) is 37.0 Å². The molecule has 3 amide bonds. The van der Waals surface area contributed by atoms with E-state index in [2.05, 4.69) is 15.8 Å². The van der Waals surface area contributed by atoms with Gasteiger partial charge in [-0.15, -0.1) is 0 Å². The Morgan fingerprint density at radius 1 is 1.10 bits per heavy atom. The summed E-state index contributed by atoms with van der Waals surface area (Å²) in [5, 5.41) is 7.73. The van der Waals surface area contributed by atoms with Gasteiger partial charge in [-0.2, -0.15) is 5.10 Å². The second kappa shape index (κ2) is 17.1. The SMILES string of the molecule is CCOc1cc(/C=N\NC(=O)[C@@H](CC(C)C)NC(=O)CCCOc2ccc(Cl)cc2Cl)cc(I)c1OCC(N)=O. The predicted molar refractivity (Wildman–Crippen MR) is 163 cm³/mol. The minimum atomic E-state index is -0.764. The molecule has 2 aromatic rings. The first-order valence-corrected chi connectivity index (χ1v) is 14.4. The van der Waals surface area contributed by atoms with E-state index in [9.17, 15) is 14.4 Å². The first kappa shape index (κ1) is 33.4. The summed E-state index contributed by atoms with van der Waals surface area (Å²) >= 11 is 14.0. The summed E-state index contributed by atoms with van der Waals surface area (Å²) in [5.74, 6) is 0.114. The van der Waals surface area contributed by atoms with Crippen LogP contribution in [0.3, 0.4) is 0 Å². The summed E-state index contributed by atoms with van der Waals surface area (Å²) in [5.41, 5.74) is 8.30. The standard InChI is InChI=1S/C27H33Cl2IN4O6/c1-4-38-23-12-17(11-20(30)26(23)40-15-24(31)35)14-32-34-27(37)21(10-16(2)3)33-25(36)6-5-9-39-22-8-7-18(28)13-19(22)29/h7-8,11-14,16,21H,4-6,9-10,15H2,1-3H3,(H2,31,35)(H,33,36)(H,34,37)/b32-14-/t21-/m1/s1. The Hall–Kier alpha value is -2.77. The molecule has 0 aliphatic carbocycles. The van der Waals surface area contributed by atoms with Crippen LogP contribution < -0.4 is 30.7 Å². The van der Waals surface area contributed by atoms with Crippen molar-refractivity contribution in [1.29, 1.82) is 0 Å². The Morgan fingerprint density at radius 2 is 1.85 bits per heavy atom. The quantitative estimate of drug-likeness (QED) is 0.100. The molecule has 0 spiro atoms. The summed E-state index contributed by atoms with van der Waals surface area (Å²) in [7, 11) is 0. The van der Waals surface area contributed by atoms with Gasteiger partial charge in [0.1, 0.15) is 11.8 Å². The van der Waals surface area contributed by atoms with Gasteiger partial charge in [-0.25, -0.2) is 5.43 Å². The van der Waals surface area contributed by atoms with Crippen LogP contribution in [0.5, 0.6) is 17.2 Å². The second-order valence-corrected chi connectivity index (χ2v) is 11.0. The molecule has 0 radical (unpaired) electrons. The maximum absolute atomic E-state index is 12.8. The average Bonchev–Trinajstić information content (AvgIpc) is 2.86. The fourth-order valence-electron chi connectivity index (χ4n) is 3.43. The summed E-state index contributed by atoms with van der Waals surface area (Å²) in [4.78, 5) is 36.5. The molecule has 218 valence electrons. The van der Waals surface area contributed by atoms with Crippen LogP contribution >= 0.6 is 45.8 Å². The topological polar surface area (TPSA) is 141 Å². The molecule has 2 rings (SSSR count). The van der Waals surface area contributed by atoms with E-state index in [1.807, 2.05) is 43.4 Å². The Balaban J connectivity index is 1.95. The summed E-state index contributed by atoms with van der Waals surface area (Å²) in [6.07, 6.45) is 2.48. The minimum Gasteiger partial charge on any atom is -0.492 e. The molecule has 40 heavy (non-hydrogen) atoms. The van der Waals surface area contributed by atoms with Crippen LogP contribution in [0.25, 0.3) is 0 Å². The zero-order valence-corrected chi connectivity index (χ0v) is 26.1. The van der Waals surface area contributed by atoms with E-state index < -0.39 is 17.9 Å². The molecule has 0 saturated heterocycles. The van der Waals surface area contributed by atoms with Crippen molar-refractivity contribution in [2.45, 2.75) is 46.1 Å². The lowest BCUT2D eigenvalue weighted by Gasteiger charge is -2.19. The summed E-state index contributed by atoms with van der Waals surface area (Å²) in [6.45, 7) is 6.09. The van der Waals surface area contributed by atoms with Crippen molar-refractivity contribution < 1.29 is 28.6 Å². The number of amides is 3. The number of halogens is 3. The fraction of sp³-hybridized carbons (Fsp3) is 0.407. The molecule has 10 nitrogen and oxygen atoms in total. The Kier molecular flexibility index (Phi) is 14.3. The Morgan fingerprint density at radius 3 is 2.50 bits per heavy atom. The number of rotatable bonds is 16. The van der Waals surface area contributed by atoms with Gasteiger partial charge in [0.05, 0.1) is 28.0 Å². The van der Waals surface area contributed by atoms with E-state index in [1.165, 1.54) is 6.21 Å². The zero-order valence-electron chi connectivity index (χ0n) is 22.5. The van der Waals surface area contributed by atoms with Crippen molar-refractivity contribution in [3.63, 3.8) is 0 Å². The van der Waals surface area contributed by atoms with E-state index in [0.717, 1.165) is 0 Å². The van der Waals surface area contributed by atoms with Crippen molar-refractivity contribution in [3.8, 4) is 17.2 Å². The molecule has 2 aromatic carbocycles. The molecule has 0 aromatic heterocycles. The molecular weight excluding hydrogens is 674 g/mol. The van der Waals surface area contributed by atoms with Crippen LogP contribution in [0.4, 0.5) is 0 Å². The number of nitrogens with zero attached hydrogens (tertiary/aromatic N) is 1. The van der Waals surface area contributed by atoms with Crippen molar-refractivity contribution in [2.75, 3.05) is 19.8 Å². The first-order valence-electron chi connectivity index (χ1n) is 12.6. The Labute approximate surface area is 257 Å². The molecule has 1 atom stereocenters. The largest absolute Gasteiger partial charge is 0.492 e. The molecule has 0 fully saturated rings. The zero-order chi connectivity index (χ0) is 29.7. The maximum Gasteiger partial charge on any atom is 0.262 e. The highest BCUT2D eigenvalue weighted by Crippen LogP contribution is 2.34. The Bertz CT molecular complexity index is 1210. The lowest BCUT2D eigenvalue weighted by atomic mass is 10.0. The number of benzene rings is 2. The second-order valence-electron chi connectivity index (χ2n) is 9.03. The van der Waals surface area contributed by atoms with Crippen LogP contribution in [0.1, 0.15) is 45.6 Å². The molecule has 13 heteroatoms. The fourth-order valence-corrected chi connectivity index (χ4v) is 4.68. The number of carbonyl (C=O) groups is 3. The molecule has 0 saturated carbocycles. The average molecular weight is 707 g/mol. The van der Waals surface area contributed by atoms with Crippen molar-refractivity contribution in [3.05, 3.63) is 49.5 Å².